The van der Waals surface area contributed by atoms with Crippen LogP contribution in [0.5, 0.6) is 0 Å². The number of carbonyl (C=O) groups excluding carboxylic acids is 1. The number of benzene rings is 1. The van der Waals surface area contributed by atoms with Crippen molar-refractivity contribution in [1.29, 1.82) is 0 Å². The first-order chi connectivity index (χ1) is 16.6. The molecular formula is C24H26F4N6O. The van der Waals surface area contributed by atoms with E-state index in [1.807, 2.05) is 18.7 Å². The SMILES string of the molecule is CCC(C1CC(C)CN1C(=O)c1cc(F)ccc1-n1nccn1)N(C)c1ccc(C(F)(F)F)cn1. The number of hydrogen-bond donors (Lipinski definition) is 0. The highest BCUT2D eigenvalue weighted by Gasteiger charge is 2.40. The number of aromatic nitrogens is 4. The molecule has 0 radical (unpaired) electrons. The predicted octanol–water partition coefficient (Wildman–Crippen LogP) is 4.59. The van der Waals surface area contributed by atoms with E-state index in [1.165, 1.54) is 41.5 Å². The van der Waals surface area contributed by atoms with Crippen molar-refractivity contribution in [2.75, 3.05) is 18.5 Å². The molecule has 1 aromatic carbocycles. The number of carbonyl (C=O) groups is 1. The summed E-state index contributed by atoms with van der Waals surface area (Å²) in [6.07, 6.45) is 0.602. The van der Waals surface area contributed by atoms with Crippen LogP contribution in [0.4, 0.5) is 23.4 Å². The number of halogens is 4. The first-order valence-corrected chi connectivity index (χ1v) is 11.3. The number of likely N-dealkylation sites (N-methyl/N-ethyl adjacent to an activating group) is 1. The lowest BCUT2D eigenvalue weighted by atomic mass is 9.98. The Bertz CT molecular complexity index is 1170. The van der Waals surface area contributed by atoms with E-state index in [-0.39, 0.29) is 29.5 Å². The minimum atomic E-state index is -4.47. The summed E-state index contributed by atoms with van der Waals surface area (Å²) < 4.78 is 53.1. The van der Waals surface area contributed by atoms with Crippen LogP contribution in [-0.4, -0.2) is 56.5 Å². The fourth-order valence-corrected chi connectivity index (χ4v) is 4.77. The molecule has 0 aliphatic carbocycles. The van der Waals surface area contributed by atoms with Crippen LogP contribution in [0.2, 0.25) is 0 Å². The number of anilines is 1. The highest BCUT2D eigenvalue weighted by molar-refractivity contribution is 5.98. The van der Waals surface area contributed by atoms with Crippen LogP contribution in [0.25, 0.3) is 5.69 Å². The van der Waals surface area contributed by atoms with E-state index >= 15 is 0 Å². The largest absolute Gasteiger partial charge is 0.417 e. The fourth-order valence-electron chi connectivity index (χ4n) is 4.77. The van der Waals surface area contributed by atoms with Gasteiger partial charge in [0.2, 0.25) is 0 Å². The fraction of sp³-hybridized carbons (Fsp3) is 0.417. The maximum Gasteiger partial charge on any atom is 0.417 e. The minimum Gasteiger partial charge on any atom is -0.355 e. The van der Waals surface area contributed by atoms with Gasteiger partial charge >= 0.3 is 6.18 Å². The zero-order chi connectivity index (χ0) is 25.3. The molecule has 0 saturated carbocycles. The molecule has 3 aromatic rings. The normalized spacial score (nSPS) is 19.1. The first-order valence-electron chi connectivity index (χ1n) is 11.3. The molecule has 1 aliphatic heterocycles. The van der Waals surface area contributed by atoms with Crippen molar-refractivity contribution >= 4 is 11.7 Å². The number of nitrogens with zero attached hydrogens (tertiary/aromatic N) is 6. The second-order valence-corrected chi connectivity index (χ2v) is 8.84. The van der Waals surface area contributed by atoms with E-state index in [1.54, 1.807) is 11.9 Å². The predicted molar refractivity (Wildman–Crippen MR) is 122 cm³/mol. The highest BCUT2D eigenvalue weighted by atomic mass is 19.4. The summed E-state index contributed by atoms with van der Waals surface area (Å²) in [5.74, 6) is -0.333. The molecule has 4 rings (SSSR count). The average molecular weight is 491 g/mol. The molecule has 2 aromatic heterocycles. The third-order valence-electron chi connectivity index (χ3n) is 6.43. The Morgan fingerprint density at radius 1 is 1.20 bits per heavy atom. The van der Waals surface area contributed by atoms with Gasteiger partial charge in [-0.25, -0.2) is 9.37 Å². The van der Waals surface area contributed by atoms with E-state index < -0.39 is 17.6 Å². The Labute approximate surface area is 200 Å². The molecule has 1 aliphatic rings. The molecule has 1 fully saturated rings. The lowest BCUT2D eigenvalue weighted by Gasteiger charge is -2.37. The van der Waals surface area contributed by atoms with Crippen LogP contribution >= 0.6 is 0 Å². The number of pyridine rings is 1. The standard InChI is InChI=1S/C24H26F4N6O/c1-4-19(32(3)22-8-5-16(13-29-22)24(26,27)28)21-11-15(2)14-33(21)23(35)18-12-17(25)6-7-20(18)34-30-9-10-31-34/h5-10,12-13,15,19,21H,4,11,14H2,1-3H3. The number of likely N-dealkylation sites (tertiary alicyclic amines) is 1. The molecule has 1 saturated heterocycles. The monoisotopic (exact) mass is 490 g/mol. The van der Waals surface area contributed by atoms with Crippen LogP contribution < -0.4 is 4.90 Å². The van der Waals surface area contributed by atoms with Crippen LogP contribution in [0.1, 0.15) is 42.6 Å². The van der Waals surface area contributed by atoms with E-state index in [0.717, 1.165) is 12.3 Å². The third kappa shape index (κ3) is 4.98. The molecule has 0 N–H and O–H groups in total. The molecule has 0 bridgehead atoms. The Morgan fingerprint density at radius 2 is 1.91 bits per heavy atom. The zero-order valence-electron chi connectivity index (χ0n) is 19.6. The third-order valence-corrected chi connectivity index (χ3v) is 6.43. The lowest BCUT2D eigenvalue weighted by Crippen LogP contribution is -2.50. The Kier molecular flexibility index (Phi) is 6.77. The van der Waals surface area contributed by atoms with E-state index in [9.17, 15) is 22.4 Å². The van der Waals surface area contributed by atoms with Gasteiger partial charge in [-0.2, -0.15) is 28.2 Å². The summed E-state index contributed by atoms with van der Waals surface area (Å²) >= 11 is 0. The van der Waals surface area contributed by atoms with Crippen molar-refractivity contribution in [3.63, 3.8) is 0 Å². The summed E-state index contributed by atoms with van der Waals surface area (Å²) in [7, 11) is 1.76. The van der Waals surface area contributed by atoms with E-state index in [2.05, 4.69) is 15.2 Å². The molecule has 1 amide bonds. The first kappa shape index (κ1) is 24.6. The second kappa shape index (κ2) is 9.63. The topological polar surface area (TPSA) is 67.2 Å². The summed E-state index contributed by atoms with van der Waals surface area (Å²) in [5, 5.41) is 8.16. The van der Waals surface area contributed by atoms with Gasteiger partial charge in [0.25, 0.3) is 5.91 Å². The summed E-state index contributed by atoms with van der Waals surface area (Å²) in [6.45, 7) is 4.46. The van der Waals surface area contributed by atoms with Crippen LogP contribution in [0, 0.1) is 11.7 Å². The maximum absolute atomic E-state index is 14.2. The van der Waals surface area contributed by atoms with Crippen molar-refractivity contribution in [2.24, 2.45) is 5.92 Å². The Balaban J connectivity index is 1.64. The molecule has 7 nitrogen and oxygen atoms in total. The molecular weight excluding hydrogens is 464 g/mol. The number of amides is 1. The van der Waals surface area contributed by atoms with Crippen LogP contribution in [-0.2, 0) is 6.18 Å². The molecule has 3 heterocycles. The van der Waals surface area contributed by atoms with Gasteiger partial charge in [0.15, 0.2) is 0 Å². The summed E-state index contributed by atoms with van der Waals surface area (Å²) in [4.78, 5) is 22.6. The van der Waals surface area contributed by atoms with Gasteiger partial charge in [0.05, 0.1) is 41.3 Å². The van der Waals surface area contributed by atoms with Gasteiger partial charge in [-0.05, 0) is 49.1 Å². The summed E-state index contributed by atoms with van der Waals surface area (Å²) in [6, 6.07) is 5.77. The van der Waals surface area contributed by atoms with Crippen molar-refractivity contribution in [3.8, 4) is 5.69 Å². The van der Waals surface area contributed by atoms with Gasteiger partial charge in [0.1, 0.15) is 11.6 Å². The highest BCUT2D eigenvalue weighted by Crippen LogP contribution is 2.34. The molecule has 186 valence electrons. The number of hydrogen-bond acceptors (Lipinski definition) is 5. The van der Waals surface area contributed by atoms with E-state index in [0.29, 0.717) is 30.9 Å². The van der Waals surface area contributed by atoms with Crippen LogP contribution in [0.15, 0.2) is 48.9 Å². The van der Waals surface area contributed by atoms with Crippen molar-refractivity contribution in [2.45, 2.75) is 44.9 Å². The number of alkyl halides is 3. The van der Waals surface area contributed by atoms with Gasteiger partial charge < -0.3 is 9.80 Å². The Morgan fingerprint density at radius 3 is 2.51 bits per heavy atom. The van der Waals surface area contributed by atoms with Gasteiger partial charge in [-0.3, -0.25) is 4.79 Å². The van der Waals surface area contributed by atoms with Gasteiger partial charge in [0, 0.05) is 19.8 Å². The molecule has 3 atom stereocenters. The Hall–Kier alpha value is -3.50. The van der Waals surface area contributed by atoms with Crippen molar-refractivity contribution in [1.82, 2.24) is 24.9 Å². The van der Waals surface area contributed by atoms with Crippen LogP contribution in [0.3, 0.4) is 0 Å². The molecule has 35 heavy (non-hydrogen) atoms. The number of rotatable bonds is 6. The summed E-state index contributed by atoms with van der Waals surface area (Å²) in [5.41, 5.74) is -0.309. The van der Waals surface area contributed by atoms with Crippen molar-refractivity contribution in [3.05, 3.63) is 65.9 Å². The zero-order valence-corrected chi connectivity index (χ0v) is 19.6. The van der Waals surface area contributed by atoms with Crippen molar-refractivity contribution < 1.29 is 22.4 Å². The smallest absolute Gasteiger partial charge is 0.355 e. The molecule has 3 unspecified atom stereocenters. The lowest BCUT2D eigenvalue weighted by molar-refractivity contribution is -0.137. The van der Waals surface area contributed by atoms with Gasteiger partial charge in [-0.15, -0.1) is 0 Å². The second-order valence-electron chi connectivity index (χ2n) is 8.84. The molecule has 0 spiro atoms. The van der Waals surface area contributed by atoms with E-state index in [4.69, 9.17) is 0 Å². The minimum absolute atomic E-state index is 0.144. The average Bonchev–Trinajstić information content (AvgIpc) is 3.49. The maximum atomic E-state index is 14.2. The quantitative estimate of drug-likeness (QED) is 0.473. The molecule has 11 heteroatoms. The van der Waals surface area contributed by atoms with Gasteiger partial charge in [-0.1, -0.05) is 13.8 Å².